The summed E-state index contributed by atoms with van der Waals surface area (Å²) in [5.74, 6) is -1.14. The van der Waals surface area contributed by atoms with E-state index in [1.54, 1.807) is 6.92 Å². The van der Waals surface area contributed by atoms with E-state index >= 15 is 0 Å². The third-order valence-electron chi connectivity index (χ3n) is 7.47. The van der Waals surface area contributed by atoms with Crippen LogP contribution in [0.2, 0.25) is 0 Å². The molecular formula is C30H31F4NO2. The van der Waals surface area contributed by atoms with Gasteiger partial charge in [0.05, 0.1) is 11.5 Å². The van der Waals surface area contributed by atoms with Crippen LogP contribution in [0.5, 0.6) is 0 Å². The summed E-state index contributed by atoms with van der Waals surface area (Å²) < 4.78 is 52.9. The van der Waals surface area contributed by atoms with Crippen molar-refractivity contribution in [3.05, 3.63) is 94.8 Å². The number of carboxylic acid groups (broad SMARTS) is 1. The highest BCUT2D eigenvalue weighted by Gasteiger charge is 2.31. The molecule has 0 spiro atoms. The van der Waals surface area contributed by atoms with Crippen LogP contribution < -0.4 is 0 Å². The fraction of sp³-hybridized carbons (Fsp3) is 0.367. The monoisotopic (exact) mass is 513 g/mol. The number of halogens is 4. The van der Waals surface area contributed by atoms with Gasteiger partial charge < -0.3 is 5.11 Å². The lowest BCUT2D eigenvalue weighted by molar-refractivity contribution is -0.141. The number of carbonyl (C=O) groups is 1. The fourth-order valence-corrected chi connectivity index (χ4v) is 5.19. The molecule has 0 saturated carbocycles. The van der Waals surface area contributed by atoms with Crippen molar-refractivity contribution in [2.24, 2.45) is 11.8 Å². The van der Waals surface area contributed by atoms with E-state index in [1.165, 1.54) is 24.3 Å². The molecule has 1 saturated heterocycles. The third-order valence-corrected chi connectivity index (χ3v) is 7.47. The summed E-state index contributed by atoms with van der Waals surface area (Å²) in [5, 5.41) is 9.51. The average molecular weight is 514 g/mol. The first-order valence-electron chi connectivity index (χ1n) is 12.5. The van der Waals surface area contributed by atoms with E-state index in [0.717, 1.165) is 53.9 Å². The first-order chi connectivity index (χ1) is 17.5. The van der Waals surface area contributed by atoms with Gasteiger partial charge in [-0.05, 0) is 83.3 Å². The van der Waals surface area contributed by atoms with Gasteiger partial charge in [-0.1, -0.05) is 56.3 Å². The molecule has 0 amide bonds. The van der Waals surface area contributed by atoms with E-state index < -0.39 is 23.6 Å². The second kappa shape index (κ2) is 11.1. The Bertz CT molecular complexity index is 1220. The fourth-order valence-electron chi connectivity index (χ4n) is 5.19. The Morgan fingerprint density at radius 1 is 1.05 bits per heavy atom. The molecule has 1 heterocycles. The maximum atomic E-state index is 13.5. The molecule has 1 aliphatic rings. The molecule has 196 valence electrons. The lowest BCUT2D eigenvalue weighted by Crippen LogP contribution is -2.38. The molecule has 0 aromatic heterocycles. The molecule has 1 N–H and O–H groups in total. The van der Waals surface area contributed by atoms with Crippen LogP contribution in [0.15, 0.2) is 66.7 Å². The maximum Gasteiger partial charge on any atom is 0.416 e. The van der Waals surface area contributed by atoms with Crippen LogP contribution in [-0.4, -0.2) is 29.1 Å². The van der Waals surface area contributed by atoms with E-state index in [9.17, 15) is 27.5 Å². The maximum absolute atomic E-state index is 13.5. The Hall–Kier alpha value is -3.19. The zero-order valence-electron chi connectivity index (χ0n) is 20.9. The molecule has 3 aromatic rings. The van der Waals surface area contributed by atoms with E-state index in [4.69, 9.17) is 0 Å². The van der Waals surface area contributed by atoms with Crippen molar-refractivity contribution in [1.29, 1.82) is 0 Å². The molecule has 0 radical (unpaired) electrons. The van der Waals surface area contributed by atoms with E-state index in [1.807, 2.05) is 30.3 Å². The summed E-state index contributed by atoms with van der Waals surface area (Å²) in [6, 6.07) is 17.4. The Balaban J connectivity index is 1.68. The lowest BCUT2D eigenvalue weighted by atomic mass is 9.81. The molecule has 3 aromatic carbocycles. The molecule has 4 rings (SSSR count). The predicted molar refractivity (Wildman–Crippen MR) is 136 cm³/mol. The average Bonchev–Trinajstić information content (AvgIpc) is 2.86. The van der Waals surface area contributed by atoms with Gasteiger partial charge in [0.15, 0.2) is 0 Å². The van der Waals surface area contributed by atoms with Gasteiger partial charge >= 0.3 is 12.1 Å². The molecule has 1 aliphatic heterocycles. The summed E-state index contributed by atoms with van der Waals surface area (Å²) in [4.78, 5) is 13.9. The quantitative estimate of drug-likeness (QED) is 0.335. The van der Waals surface area contributed by atoms with Crippen LogP contribution in [-0.2, 0) is 23.9 Å². The molecule has 3 atom stereocenters. The van der Waals surface area contributed by atoms with E-state index in [-0.39, 0.29) is 11.7 Å². The molecule has 3 unspecified atom stereocenters. The Morgan fingerprint density at radius 2 is 1.73 bits per heavy atom. The highest BCUT2D eigenvalue weighted by Crippen LogP contribution is 2.36. The minimum Gasteiger partial charge on any atom is -0.481 e. The number of aliphatic carboxylic acids is 1. The van der Waals surface area contributed by atoms with Gasteiger partial charge in [-0.15, -0.1) is 0 Å². The Morgan fingerprint density at radius 3 is 2.35 bits per heavy atom. The highest BCUT2D eigenvalue weighted by atomic mass is 19.4. The zero-order valence-corrected chi connectivity index (χ0v) is 20.9. The molecule has 3 nitrogen and oxygen atoms in total. The van der Waals surface area contributed by atoms with Crippen molar-refractivity contribution >= 4 is 5.97 Å². The van der Waals surface area contributed by atoms with Gasteiger partial charge in [0.1, 0.15) is 5.82 Å². The predicted octanol–water partition coefficient (Wildman–Crippen LogP) is 7.40. The summed E-state index contributed by atoms with van der Waals surface area (Å²) >= 11 is 0. The number of nitrogens with zero attached hydrogens (tertiary/aromatic N) is 1. The normalized spacial score (nSPS) is 19.5. The minimum atomic E-state index is -4.42. The topological polar surface area (TPSA) is 40.5 Å². The van der Waals surface area contributed by atoms with Crippen LogP contribution in [0.25, 0.3) is 11.1 Å². The second-order valence-electron chi connectivity index (χ2n) is 10.1. The summed E-state index contributed by atoms with van der Waals surface area (Å²) in [6.45, 7) is 5.99. The molecule has 37 heavy (non-hydrogen) atoms. The number of rotatable bonds is 7. The summed E-state index contributed by atoms with van der Waals surface area (Å²) in [7, 11) is 0. The van der Waals surface area contributed by atoms with Gasteiger partial charge in [0.25, 0.3) is 0 Å². The van der Waals surface area contributed by atoms with Crippen molar-refractivity contribution in [2.45, 2.75) is 45.3 Å². The second-order valence-corrected chi connectivity index (χ2v) is 10.1. The number of alkyl halides is 3. The van der Waals surface area contributed by atoms with Gasteiger partial charge in [-0.25, -0.2) is 4.39 Å². The van der Waals surface area contributed by atoms with Gasteiger partial charge in [0, 0.05) is 13.1 Å². The summed E-state index contributed by atoms with van der Waals surface area (Å²) in [5.41, 5.74) is 3.65. The van der Waals surface area contributed by atoms with E-state index in [2.05, 4.69) is 11.8 Å². The standard InChI is InChI=1S/C30H31F4NO2/c1-19-14-15-35(17-27(19)22-8-12-25(31)13-9-22)18-28-23(16-20(2)29(36)37)4-3-5-26(28)21-6-10-24(11-7-21)30(32,33)34/h3-13,19-20,27H,14-18H2,1-2H3,(H,36,37). The van der Waals surface area contributed by atoms with Gasteiger partial charge in [-0.3, -0.25) is 9.69 Å². The lowest BCUT2D eigenvalue weighted by Gasteiger charge is -2.38. The van der Waals surface area contributed by atoms with Crippen molar-refractivity contribution in [3.8, 4) is 11.1 Å². The summed E-state index contributed by atoms with van der Waals surface area (Å²) in [6.07, 6.45) is -3.14. The van der Waals surface area contributed by atoms with Crippen molar-refractivity contribution in [3.63, 3.8) is 0 Å². The van der Waals surface area contributed by atoms with Gasteiger partial charge in [0.2, 0.25) is 0 Å². The van der Waals surface area contributed by atoms with Gasteiger partial charge in [-0.2, -0.15) is 13.2 Å². The molecule has 0 aliphatic carbocycles. The number of piperidine rings is 1. The SMILES string of the molecule is CC(Cc1cccc(-c2ccc(C(F)(F)F)cc2)c1CN1CCC(C)C(c2ccc(F)cc2)C1)C(=O)O. The highest BCUT2D eigenvalue weighted by molar-refractivity contribution is 5.72. The first kappa shape index (κ1) is 26.9. The van der Waals surface area contributed by atoms with E-state index in [0.29, 0.717) is 24.4 Å². The van der Waals surface area contributed by atoms with Crippen LogP contribution in [0, 0.1) is 17.7 Å². The smallest absolute Gasteiger partial charge is 0.416 e. The minimum absolute atomic E-state index is 0.217. The number of likely N-dealkylation sites (tertiary alicyclic amines) is 1. The molecule has 7 heteroatoms. The van der Waals surface area contributed by atoms with Crippen LogP contribution in [0.1, 0.15) is 48.4 Å². The number of carboxylic acids is 1. The Kier molecular flexibility index (Phi) is 8.02. The first-order valence-corrected chi connectivity index (χ1v) is 12.5. The van der Waals surface area contributed by atoms with Crippen molar-refractivity contribution in [1.82, 2.24) is 4.90 Å². The zero-order chi connectivity index (χ0) is 26.7. The molecule has 1 fully saturated rings. The van der Waals surface area contributed by atoms with Crippen molar-refractivity contribution in [2.75, 3.05) is 13.1 Å². The molecule has 0 bridgehead atoms. The molecular weight excluding hydrogens is 482 g/mol. The number of hydrogen-bond donors (Lipinski definition) is 1. The van der Waals surface area contributed by atoms with Crippen molar-refractivity contribution < 1.29 is 27.5 Å². The number of hydrogen-bond acceptors (Lipinski definition) is 2. The van der Waals surface area contributed by atoms with Crippen LogP contribution in [0.4, 0.5) is 17.6 Å². The largest absolute Gasteiger partial charge is 0.481 e. The Labute approximate surface area is 214 Å². The van der Waals surface area contributed by atoms with Crippen LogP contribution >= 0.6 is 0 Å². The van der Waals surface area contributed by atoms with Crippen LogP contribution in [0.3, 0.4) is 0 Å². The third kappa shape index (κ3) is 6.39. The number of benzene rings is 3.